The summed E-state index contributed by atoms with van der Waals surface area (Å²) >= 11 is 0. The number of anilines is 1. The average molecular weight is 269 g/mol. The molecule has 5 heteroatoms. The molecule has 0 aromatic heterocycles. The first-order chi connectivity index (χ1) is 8.80. The van der Waals surface area contributed by atoms with Gasteiger partial charge < -0.3 is 10.4 Å². The highest BCUT2D eigenvalue weighted by atomic mass is 19.2. The molecule has 1 unspecified atom stereocenters. The summed E-state index contributed by atoms with van der Waals surface area (Å²) in [4.78, 5) is 10.7. The largest absolute Gasteiger partial charge is 0.478 e. The summed E-state index contributed by atoms with van der Waals surface area (Å²) in [6.45, 7) is 4.28. The molecular formula is C14H17F2NO2. The first kappa shape index (κ1) is 13.8. The molecule has 3 nitrogen and oxygen atoms in total. The maximum atomic E-state index is 13.8. The standard InChI is InChI=1S/C14H17F2NO2/c1-14(2)6-5-8(7-14)17-10-4-3-9(13(18)19)11(15)12(10)16/h3-4,8,17H,5-7H2,1-2H3,(H,18,19). The molecule has 19 heavy (non-hydrogen) atoms. The highest BCUT2D eigenvalue weighted by molar-refractivity contribution is 5.88. The molecule has 2 N–H and O–H groups in total. The van der Waals surface area contributed by atoms with Crippen molar-refractivity contribution < 1.29 is 18.7 Å². The van der Waals surface area contributed by atoms with E-state index < -0.39 is 23.2 Å². The Balaban J connectivity index is 2.18. The second-order valence-electron chi connectivity index (χ2n) is 5.84. The number of carboxylic acid groups (broad SMARTS) is 1. The van der Waals surface area contributed by atoms with Crippen LogP contribution in [0, 0.1) is 17.0 Å². The van der Waals surface area contributed by atoms with Crippen LogP contribution in [0.2, 0.25) is 0 Å². The maximum Gasteiger partial charge on any atom is 0.338 e. The Morgan fingerprint density at radius 3 is 2.58 bits per heavy atom. The number of rotatable bonds is 3. The first-order valence-electron chi connectivity index (χ1n) is 6.28. The van der Waals surface area contributed by atoms with Crippen molar-refractivity contribution >= 4 is 11.7 Å². The van der Waals surface area contributed by atoms with E-state index >= 15 is 0 Å². The van der Waals surface area contributed by atoms with Crippen LogP contribution in [-0.4, -0.2) is 17.1 Å². The van der Waals surface area contributed by atoms with Gasteiger partial charge in [-0.1, -0.05) is 13.8 Å². The SMILES string of the molecule is CC1(C)CCC(Nc2ccc(C(=O)O)c(F)c2F)C1. The van der Waals surface area contributed by atoms with Gasteiger partial charge in [0, 0.05) is 6.04 Å². The molecule has 104 valence electrons. The number of halogens is 2. The fourth-order valence-corrected chi connectivity index (χ4v) is 2.61. The molecule has 1 fully saturated rings. The lowest BCUT2D eigenvalue weighted by Gasteiger charge is -2.19. The number of hydrogen-bond donors (Lipinski definition) is 2. The van der Waals surface area contributed by atoms with Gasteiger partial charge in [-0.3, -0.25) is 0 Å². The Labute approximate surface area is 110 Å². The molecule has 0 aliphatic heterocycles. The monoisotopic (exact) mass is 269 g/mol. The van der Waals surface area contributed by atoms with Crippen molar-refractivity contribution in [3.8, 4) is 0 Å². The second-order valence-corrected chi connectivity index (χ2v) is 5.84. The third-order valence-corrected chi connectivity index (χ3v) is 3.64. The maximum absolute atomic E-state index is 13.8. The zero-order chi connectivity index (χ0) is 14.2. The molecule has 2 rings (SSSR count). The van der Waals surface area contributed by atoms with E-state index in [1.54, 1.807) is 0 Å². The molecule has 1 saturated carbocycles. The number of aromatic carboxylic acids is 1. The van der Waals surface area contributed by atoms with E-state index in [0.717, 1.165) is 25.3 Å². The van der Waals surface area contributed by atoms with Crippen LogP contribution in [0.1, 0.15) is 43.5 Å². The van der Waals surface area contributed by atoms with E-state index in [2.05, 4.69) is 19.2 Å². The third kappa shape index (κ3) is 2.85. The Morgan fingerprint density at radius 2 is 2.05 bits per heavy atom. The van der Waals surface area contributed by atoms with Crippen molar-refractivity contribution in [2.75, 3.05) is 5.32 Å². The lowest BCUT2D eigenvalue weighted by atomic mass is 9.92. The summed E-state index contributed by atoms with van der Waals surface area (Å²) in [5.41, 5.74) is -0.409. The van der Waals surface area contributed by atoms with Crippen molar-refractivity contribution in [1.82, 2.24) is 0 Å². The quantitative estimate of drug-likeness (QED) is 0.880. The average Bonchev–Trinajstić information content (AvgIpc) is 2.64. The molecular weight excluding hydrogens is 252 g/mol. The third-order valence-electron chi connectivity index (χ3n) is 3.64. The number of carbonyl (C=O) groups is 1. The minimum atomic E-state index is -1.47. The predicted molar refractivity (Wildman–Crippen MR) is 68.4 cm³/mol. The van der Waals surface area contributed by atoms with Gasteiger partial charge >= 0.3 is 5.97 Å². The molecule has 0 amide bonds. The molecule has 0 heterocycles. The number of hydrogen-bond acceptors (Lipinski definition) is 2. The summed E-state index contributed by atoms with van der Waals surface area (Å²) in [6.07, 6.45) is 2.81. The minimum absolute atomic E-state index is 0.0326. The molecule has 1 aliphatic carbocycles. The topological polar surface area (TPSA) is 49.3 Å². The van der Waals surface area contributed by atoms with Crippen molar-refractivity contribution in [3.63, 3.8) is 0 Å². The Kier molecular flexibility index (Phi) is 3.47. The lowest BCUT2D eigenvalue weighted by Crippen LogP contribution is -2.19. The van der Waals surface area contributed by atoms with E-state index in [0.29, 0.717) is 0 Å². The number of benzene rings is 1. The number of carboxylic acids is 1. The van der Waals surface area contributed by atoms with Crippen molar-refractivity contribution in [3.05, 3.63) is 29.3 Å². The first-order valence-corrected chi connectivity index (χ1v) is 6.28. The van der Waals surface area contributed by atoms with Crippen LogP contribution < -0.4 is 5.32 Å². The minimum Gasteiger partial charge on any atom is -0.478 e. The summed E-state index contributed by atoms with van der Waals surface area (Å²) in [5.74, 6) is -3.90. The van der Waals surface area contributed by atoms with Gasteiger partial charge in [0.05, 0.1) is 11.3 Å². The van der Waals surface area contributed by atoms with E-state index in [-0.39, 0.29) is 17.1 Å². The van der Waals surface area contributed by atoms with E-state index in [1.807, 2.05) is 0 Å². The molecule has 1 aliphatic rings. The normalized spacial score (nSPS) is 21.4. The molecule has 0 radical (unpaired) electrons. The summed E-state index contributed by atoms with van der Waals surface area (Å²) in [6, 6.07) is 2.47. The van der Waals surface area contributed by atoms with Crippen LogP contribution in [0.25, 0.3) is 0 Å². The van der Waals surface area contributed by atoms with Gasteiger partial charge in [-0.25, -0.2) is 13.6 Å². The molecule has 1 atom stereocenters. The van der Waals surface area contributed by atoms with Crippen LogP contribution in [0.4, 0.5) is 14.5 Å². The Bertz CT molecular complexity index is 514. The molecule has 0 spiro atoms. The fourth-order valence-electron chi connectivity index (χ4n) is 2.61. The smallest absolute Gasteiger partial charge is 0.338 e. The van der Waals surface area contributed by atoms with Crippen molar-refractivity contribution in [2.24, 2.45) is 5.41 Å². The van der Waals surface area contributed by atoms with Crippen LogP contribution >= 0.6 is 0 Å². The highest BCUT2D eigenvalue weighted by Gasteiger charge is 2.31. The van der Waals surface area contributed by atoms with Gasteiger partial charge in [-0.05, 0) is 36.8 Å². The van der Waals surface area contributed by atoms with Crippen molar-refractivity contribution in [1.29, 1.82) is 0 Å². The zero-order valence-electron chi connectivity index (χ0n) is 11.0. The van der Waals surface area contributed by atoms with E-state index in [9.17, 15) is 13.6 Å². The Hall–Kier alpha value is -1.65. The fraction of sp³-hybridized carbons (Fsp3) is 0.500. The molecule has 1 aromatic rings. The van der Waals surface area contributed by atoms with Gasteiger partial charge in [-0.2, -0.15) is 0 Å². The van der Waals surface area contributed by atoms with Gasteiger partial charge in [-0.15, -0.1) is 0 Å². The van der Waals surface area contributed by atoms with Gasteiger partial charge in [0.1, 0.15) is 0 Å². The van der Waals surface area contributed by atoms with Gasteiger partial charge in [0.15, 0.2) is 11.6 Å². The molecule has 0 saturated heterocycles. The predicted octanol–water partition coefficient (Wildman–Crippen LogP) is 3.65. The second kappa shape index (κ2) is 4.79. The summed E-state index contributed by atoms with van der Waals surface area (Å²) in [7, 11) is 0. The summed E-state index contributed by atoms with van der Waals surface area (Å²) in [5, 5.41) is 11.7. The van der Waals surface area contributed by atoms with Crippen LogP contribution in [0.3, 0.4) is 0 Å². The molecule has 1 aromatic carbocycles. The van der Waals surface area contributed by atoms with Crippen LogP contribution in [0.5, 0.6) is 0 Å². The van der Waals surface area contributed by atoms with Gasteiger partial charge in [0.2, 0.25) is 0 Å². The Morgan fingerprint density at radius 1 is 1.37 bits per heavy atom. The zero-order valence-corrected chi connectivity index (χ0v) is 11.0. The number of nitrogens with one attached hydrogen (secondary N) is 1. The van der Waals surface area contributed by atoms with Crippen molar-refractivity contribution in [2.45, 2.75) is 39.2 Å². The van der Waals surface area contributed by atoms with Gasteiger partial charge in [0.25, 0.3) is 0 Å². The van der Waals surface area contributed by atoms with Crippen LogP contribution in [-0.2, 0) is 0 Å². The van der Waals surface area contributed by atoms with Crippen LogP contribution in [0.15, 0.2) is 12.1 Å². The van der Waals surface area contributed by atoms with E-state index in [4.69, 9.17) is 5.11 Å². The van der Waals surface area contributed by atoms with E-state index in [1.165, 1.54) is 6.07 Å². The molecule has 0 bridgehead atoms. The summed E-state index contributed by atoms with van der Waals surface area (Å²) < 4.78 is 27.3. The lowest BCUT2D eigenvalue weighted by molar-refractivity contribution is 0.0690. The highest BCUT2D eigenvalue weighted by Crippen LogP contribution is 2.38.